The Morgan fingerprint density at radius 2 is 1.87 bits per heavy atom. The zero-order valence-electron chi connectivity index (χ0n) is 12.5. The maximum absolute atomic E-state index is 11.8. The third-order valence-corrected chi connectivity index (χ3v) is 3.52. The third kappa shape index (κ3) is 4.06. The van der Waals surface area contributed by atoms with Crippen LogP contribution in [0.1, 0.15) is 17.3 Å². The second kappa shape index (κ2) is 7.53. The van der Waals surface area contributed by atoms with E-state index in [1.54, 1.807) is 25.1 Å². The fraction of sp³-hybridized carbons (Fsp3) is 0.250. The summed E-state index contributed by atoms with van der Waals surface area (Å²) in [6, 6.07) is 6.26. The van der Waals surface area contributed by atoms with Gasteiger partial charge in [-0.2, -0.15) is 0 Å². The van der Waals surface area contributed by atoms with Gasteiger partial charge in [-0.1, -0.05) is 23.2 Å². The van der Waals surface area contributed by atoms with Gasteiger partial charge in [0.2, 0.25) is 0 Å². The molecule has 0 unspecified atom stereocenters. The van der Waals surface area contributed by atoms with Crippen molar-refractivity contribution in [1.29, 1.82) is 0 Å². The van der Waals surface area contributed by atoms with Gasteiger partial charge in [0.1, 0.15) is 5.75 Å². The number of carbonyl (C=O) groups is 2. The smallest absolute Gasteiger partial charge is 0.344 e. The van der Waals surface area contributed by atoms with Gasteiger partial charge in [0.15, 0.2) is 6.61 Å². The number of esters is 2. The minimum absolute atomic E-state index is 0.251. The molecule has 0 heterocycles. The van der Waals surface area contributed by atoms with E-state index in [0.29, 0.717) is 20.8 Å². The van der Waals surface area contributed by atoms with E-state index in [1.807, 2.05) is 0 Å². The van der Waals surface area contributed by atoms with Crippen molar-refractivity contribution in [3.05, 3.63) is 39.9 Å². The zero-order chi connectivity index (χ0) is 17.0. The summed E-state index contributed by atoms with van der Waals surface area (Å²) in [5, 5.41) is 1.92. The van der Waals surface area contributed by atoms with E-state index in [9.17, 15) is 9.59 Å². The van der Waals surface area contributed by atoms with Gasteiger partial charge in [-0.15, -0.1) is 0 Å². The minimum Gasteiger partial charge on any atom is -0.481 e. The molecule has 0 aliphatic rings. The summed E-state index contributed by atoms with van der Waals surface area (Å²) in [5.74, 6) is -0.782. The molecule has 2 aromatic carbocycles. The van der Waals surface area contributed by atoms with Gasteiger partial charge in [0.05, 0.1) is 24.3 Å². The molecular weight excluding hydrogens is 343 g/mol. The minimum atomic E-state index is -0.538. The molecule has 0 atom stereocenters. The fourth-order valence-corrected chi connectivity index (χ4v) is 2.68. The summed E-state index contributed by atoms with van der Waals surface area (Å²) in [4.78, 5) is 23.3. The second-order valence-corrected chi connectivity index (χ2v) is 5.39. The molecule has 2 aromatic rings. The van der Waals surface area contributed by atoms with Gasteiger partial charge in [-0.25, -0.2) is 9.59 Å². The molecule has 0 radical (unpaired) electrons. The third-order valence-electron chi connectivity index (χ3n) is 3.00. The summed E-state index contributed by atoms with van der Waals surface area (Å²) in [5.41, 5.74) is 0.261. The summed E-state index contributed by atoms with van der Waals surface area (Å²) in [6.07, 6.45) is 0. The molecule has 0 saturated carbocycles. The molecule has 23 heavy (non-hydrogen) atoms. The Morgan fingerprint density at radius 3 is 2.52 bits per heavy atom. The molecule has 0 aromatic heterocycles. The van der Waals surface area contributed by atoms with Crippen molar-refractivity contribution in [2.75, 3.05) is 20.3 Å². The Labute approximate surface area is 143 Å². The number of hydrogen-bond acceptors (Lipinski definition) is 5. The topological polar surface area (TPSA) is 61.8 Å². The van der Waals surface area contributed by atoms with Crippen LogP contribution in [0, 0.1) is 0 Å². The molecule has 0 spiro atoms. The molecule has 0 amide bonds. The van der Waals surface area contributed by atoms with Gasteiger partial charge in [-0.3, -0.25) is 0 Å². The van der Waals surface area contributed by atoms with Crippen molar-refractivity contribution < 1.29 is 23.8 Å². The van der Waals surface area contributed by atoms with Crippen LogP contribution < -0.4 is 4.74 Å². The first kappa shape index (κ1) is 17.4. The van der Waals surface area contributed by atoms with Crippen LogP contribution in [-0.2, 0) is 14.3 Å². The average molecular weight is 357 g/mol. The highest BCUT2D eigenvalue weighted by Crippen LogP contribution is 2.36. The summed E-state index contributed by atoms with van der Waals surface area (Å²) >= 11 is 12.2. The SMILES string of the molecule is CCOC(=O)COc1cc(C(=O)OC)cc2cc(Cl)cc(Cl)c12. The van der Waals surface area contributed by atoms with E-state index in [2.05, 4.69) is 0 Å². The van der Waals surface area contributed by atoms with Crippen molar-refractivity contribution in [2.24, 2.45) is 0 Å². The first-order valence-corrected chi connectivity index (χ1v) is 7.51. The maximum Gasteiger partial charge on any atom is 0.344 e. The number of rotatable bonds is 5. The molecule has 7 heteroatoms. The van der Waals surface area contributed by atoms with Gasteiger partial charge in [0, 0.05) is 10.4 Å². The number of benzene rings is 2. The van der Waals surface area contributed by atoms with E-state index in [1.165, 1.54) is 13.2 Å². The molecule has 2 rings (SSSR count). The highest BCUT2D eigenvalue weighted by Gasteiger charge is 2.16. The Kier molecular flexibility index (Phi) is 5.69. The monoisotopic (exact) mass is 356 g/mol. The van der Waals surface area contributed by atoms with Crippen LogP contribution in [0.25, 0.3) is 10.8 Å². The molecule has 0 aliphatic heterocycles. The van der Waals surface area contributed by atoms with Crippen LogP contribution in [0.5, 0.6) is 5.75 Å². The van der Waals surface area contributed by atoms with Crippen LogP contribution in [0.4, 0.5) is 0 Å². The lowest BCUT2D eigenvalue weighted by atomic mass is 10.1. The normalized spacial score (nSPS) is 10.4. The fourth-order valence-electron chi connectivity index (χ4n) is 2.08. The maximum atomic E-state index is 11.8. The standard InChI is InChI=1S/C16H14Cl2O5/c1-3-22-14(19)8-23-13-6-10(16(20)21-2)4-9-5-11(17)7-12(18)15(9)13/h4-7H,3,8H2,1-2H3. The summed E-state index contributed by atoms with van der Waals surface area (Å²) in [7, 11) is 1.27. The van der Waals surface area contributed by atoms with Crippen LogP contribution in [0.3, 0.4) is 0 Å². The van der Waals surface area contributed by atoms with E-state index < -0.39 is 11.9 Å². The van der Waals surface area contributed by atoms with Crippen LogP contribution in [0.15, 0.2) is 24.3 Å². The Bertz CT molecular complexity index is 758. The lowest BCUT2D eigenvalue weighted by Crippen LogP contribution is -2.15. The van der Waals surface area contributed by atoms with Gasteiger partial charge in [0.25, 0.3) is 0 Å². The Hall–Kier alpha value is -1.98. The van der Waals surface area contributed by atoms with Crippen molar-refractivity contribution >= 4 is 45.9 Å². The molecule has 0 aliphatic carbocycles. The average Bonchev–Trinajstić information content (AvgIpc) is 2.51. The molecule has 0 bridgehead atoms. The predicted octanol–water partition coefficient (Wildman–Crippen LogP) is 3.88. The van der Waals surface area contributed by atoms with Crippen molar-refractivity contribution in [3.63, 3.8) is 0 Å². The van der Waals surface area contributed by atoms with E-state index in [4.69, 9.17) is 37.4 Å². The molecule has 0 N–H and O–H groups in total. The van der Waals surface area contributed by atoms with Crippen LogP contribution >= 0.6 is 23.2 Å². The highest BCUT2D eigenvalue weighted by molar-refractivity contribution is 6.39. The highest BCUT2D eigenvalue weighted by atomic mass is 35.5. The van der Waals surface area contributed by atoms with Crippen molar-refractivity contribution in [1.82, 2.24) is 0 Å². The molecule has 0 saturated heterocycles. The van der Waals surface area contributed by atoms with Crippen LogP contribution in [0.2, 0.25) is 10.0 Å². The van der Waals surface area contributed by atoms with Gasteiger partial charge >= 0.3 is 11.9 Å². The zero-order valence-corrected chi connectivity index (χ0v) is 14.0. The van der Waals surface area contributed by atoms with Gasteiger partial charge in [-0.05, 0) is 36.6 Å². The Balaban J connectivity index is 2.50. The number of fused-ring (bicyclic) bond motifs is 1. The quantitative estimate of drug-likeness (QED) is 0.760. The first-order valence-electron chi connectivity index (χ1n) is 6.75. The number of methoxy groups -OCH3 is 1. The molecule has 122 valence electrons. The lowest BCUT2D eigenvalue weighted by molar-refractivity contribution is -0.145. The molecule has 5 nitrogen and oxygen atoms in total. The molecule has 0 fully saturated rings. The number of ether oxygens (including phenoxy) is 3. The largest absolute Gasteiger partial charge is 0.481 e. The van der Waals surface area contributed by atoms with E-state index in [-0.39, 0.29) is 24.5 Å². The number of halogens is 2. The second-order valence-electron chi connectivity index (χ2n) is 4.55. The van der Waals surface area contributed by atoms with Crippen molar-refractivity contribution in [2.45, 2.75) is 6.92 Å². The Morgan fingerprint density at radius 1 is 1.13 bits per heavy atom. The first-order chi connectivity index (χ1) is 11.0. The lowest BCUT2D eigenvalue weighted by Gasteiger charge is -2.12. The predicted molar refractivity (Wildman–Crippen MR) is 87.4 cm³/mol. The van der Waals surface area contributed by atoms with E-state index >= 15 is 0 Å². The molecular formula is C16H14Cl2O5. The van der Waals surface area contributed by atoms with Crippen LogP contribution in [-0.4, -0.2) is 32.3 Å². The number of carbonyl (C=O) groups excluding carboxylic acids is 2. The number of hydrogen-bond donors (Lipinski definition) is 0. The van der Waals surface area contributed by atoms with Gasteiger partial charge < -0.3 is 14.2 Å². The summed E-state index contributed by atoms with van der Waals surface area (Å²) in [6.45, 7) is 1.65. The summed E-state index contributed by atoms with van der Waals surface area (Å²) < 4.78 is 15.0. The van der Waals surface area contributed by atoms with E-state index in [0.717, 1.165) is 0 Å². The van der Waals surface area contributed by atoms with Crippen molar-refractivity contribution in [3.8, 4) is 5.75 Å².